The summed E-state index contributed by atoms with van der Waals surface area (Å²) in [6.45, 7) is 3.89. The van der Waals surface area contributed by atoms with Crippen molar-refractivity contribution in [1.82, 2.24) is 4.98 Å². The summed E-state index contributed by atoms with van der Waals surface area (Å²) in [6, 6.07) is 11.8. The van der Waals surface area contributed by atoms with Gasteiger partial charge in [0.25, 0.3) is 0 Å². The molecule has 23 heavy (non-hydrogen) atoms. The maximum atomic E-state index is 11.8. The summed E-state index contributed by atoms with van der Waals surface area (Å²) in [7, 11) is 0. The number of carbonyl (C=O) groups excluding carboxylic acids is 1. The molecule has 0 aliphatic carbocycles. The molecule has 4 heteroatoms. The molecule has 0 aliphatic heterocycles. The molecule has 0 saturated carbocycles. The van der Waals surface area contributed by atoms with Crippen molar-refractivity contribution >= 4 is 22.5 Å². The Morgan fingerprint density at radius 3 is 2.61 bits per heavy atom. The van der Waals surface area contributed by atoms with Crippen LogP contribution in [-0.2, 0) is 6.42 Å². The fourth-order valence-electron chi connectivity index (χ4n) is 3.05. The highest BCUT2D eigenvalue weighted by molar-refractivity contribution is 6.01. The first-order valence-electron chi connectivity index (χ1n) is 7.60. The van der Waals surface area contributed by atoms with Gasteiger partial charge >= 0.3 is 0 Å². The van der Waals surface area contributed by atoms with Gasteiger partial charge in [-0.25, -0.2) is 0 Å². The zero-order valence-electron chi connectivity index (χ0n) is 13.3. The fourth-order valence-corrected chi connectivity index (χ4v) is 3.05. The molecule has 1 aromatic heterocycles. The molecule has 0 bridgehead atoms. The van der Waals surface area contributed by atoms with Crippen LogP contribution in [0.5, 0.6) is 0 Å². The number of fused-ring (bicyclic) bond motifs is 1. The molecule has 0 spiro atoms. The minimum absolute atomic E-state index is 0.461. The maximum absolute atomic E-state index is 11.8. The highest BCUT2D eigenvalue weighted by Crippen LogP contribution is 2.35. The SMILES string of the molecule is CCc1c(-c2cccc3cccnc23)cc(C(N)=O)c(C)c1N. The van der Waals surface area contributed by atoms with E-state index in [-0.39, 0.29) is 0 Å². The molecule has 4 N–H and O–H groups in total. The molecule has 0 unspecified atom stereocenters. The lowest BCUT2D eigenvalue weighted by Gasteiger charge is -2.17. The van der Waals surface area contributed by atoms with E-state index in [0.29, 0.717) is 11.3 Å². The second-order valence-corrected chi connectivity index (χ2v) is 5.59. The zero-order chi connectivity index (χ0) is 16.6. The average Bonchev–Trinajstić information content (AvgIpc) is 2.56. The Balaban J connectivity index is 2.40. The maximum Gasteiger partial charge on any atom is 0.249 e. The van der Waals surface area contributed by atoms with Crippen LogP contribution in [0.3, 0.4) is 0 Å². The molecule has 3 rings (SSSR count). The van der Waals surface area contributed by atoms with Crippen LogP contribution in [0.2, 0.25) is 0 Å². The van der Waals surface area contributed by atoms with Gasteiger partial charge in [-0.05, 0) is 42.2 Å². The number of primary amides is 1. The standard InChI is InChI=1S/C19H19N3O/c1-3-13-16(10-15(19(21)23)11(2)17(13)20)14-8-4-6-12-7-5-9-22-18(12)14/h4-10H,3,20H2,1-2H3,(H2,21,23). The number of hydrogen-bond donors (Lipinski definition) is 2. The number of nitrogens with zero attached hydrogens (tertiary/aromatic N) is 1. The largest absolute Gasteiger partial charge is 0.398 e. The van der Waals surface area contributed by atoms with Gasteiger partial charge in [-0.3, -0.25) is 9.78 Å². The van der Waals surface area contributed by atoms with Gasteiger partial charge in [0, 0.05) is 28.4 Å². The van der Waals surface area contributed by atoms with Crippen molar-refractivity contribution in [2.24, 2.45) is 5.73 Å². The average molecular weight is 305 g/mol. The normalized spacial score (nSPS) is 10.9. The quantitative estimate of drug-likeness (QED) is 0.727. The zero-order valence-corrected chi connectivity index (χ0v) is 13.3. The van der Waals surface area contributed by atoms with Gasteiger partial charge in [0.1, 0.15) is 0 Å². The van der Waals surface area contributed by atoms with Crippen molar-refractivity contribution in [3.05, 3.63) is 59.3 Å². The molecular weight excluding hydrogens is 286 g/mol. The van der Waals surface area contributed by atoms with Crippen molar-refractivity contribution in [3.63, 3.8) is 0 Å². The van der Waals surface area contributed by atoms with E-state index < -0.39 is 5.91 Å². The number of hydrogen-bond acceptors (Lipinski definition) is 3. The third kappa shape index (κ3) is 2.42. The first-order valence-corrected chi connectivity index (χ1v) is 7.60. The topological polar surface area (TPSA) is 82.0 Å². The minimum Gasteiger partial charge on any atom is -0.398 e. The number of benzene rings is 2. The molecule has 3 aromatic rings. The Bertz CT molecular complexity index is 911. The predicted molar refractivity (Wildman–Crippen MR) is 94.2 cm³/mol. The number of anilines is 1. The van der Waals surface area contributed by atoms with Crippen molar-refractivity contribution in [1.29, 1.82) is 0 Å². The highest BCUT2D eigenvalue weighted by Gasteiger charge is 2.17. The summed E-state index contributed by atoms with van der Waals surface area (Å²) < 4.78 is 0. The van der Waals surface area contributed by atoms with Crippen LogP contribution in [-0.4, -0.2) is 10.9 Å². The molecule has 2 aromatic carbocycles. The third-order valence-corrected chi connectivity index (χ3v) is 4.29. The smallest absolute Gasteiger partial charge is 0.249 e. The van der Waals surface area contributed by atoms with Gasteiger partial charge in [-0.15, -0.1) is 0 Å². The van der Waals surface area contributed by atoms with E-state index in [2.05, 4.69) is 11.9 Å². The Labute approximate surface area is 135 Å². The summed E-state index contributed by atoms with van der Waals surface area (Å²) in [5.74, 6) is -0.466. The van der Waals surface area contributed by atoms with E-state index in [1.807, 2.05) is 43.3 Å². The van der Waals surface area contributed by atoms with Crippen molar-refractivity contribution in [3.8, 4) is 11.1 Å². The van der Waals surface area contributed by atoms with E-state index in [1.54, 1.807) is 6.20 Å². The number of aromatic nitrogens is 1. The molecular formula is C19H19N3O. The van der Waals surface area contributed by atoms with E-state index in [4.69, 9.17) is 11.5 Å². The molecule has 4 nitrogen and oxygen atoms in total. The van der Waals surface area contributed by atoms with Gasteiger partial charge in [0.05, 0.1) is 5.52 Å². The first kappa shape index (κ1) is 15.0. The number of nitrogens with two attached hydrogens (primary N) is 2. The van der Waals surface area contributed by atoms with Crippen LogP contribution >= 0.6 is 0 Å². The lowest BCUT2D eigenvalue weighted by Crippen LogP contribution is -2.15. The third-order valence-electron chi connectivity index (χ3n) is 4.29. The van der Waals surface area contributed by atoms with Crippen LogP contribution < -0.4 is 11.5 Å². The molecule has 1 heterocycles. The second kappa shape index (κ2) is 5.72. The summed E-state index contributed by atoms with van der Waals surface area (Å²) in [5, 5.41) is 1.05. The molecule has 0 saturated heterocycles. The van der Waals surface area contributed by atoms with E-state index in [0.717, 1.165) is 39.6 Å². The molecule has 1 amide bonds. The number of pyridine rings is 1. The lowest BCUT2D eigenvalue weighted by atomic mass is 9.89. The highest BCUT2D eigenvalue weighted by atomic mass is 16.1. The summed E-state index contributed by atoms with van der Waals surface area (Å²) >= 11 is 0. The lowest BCUT2D eigenvalue weighted by molar-refractivity contribution is 0.1000. The summed E-state index contributed by atoms with van der Waals surface area (Å²) in [6.07, 6.45) is 2.54. The van der Waals surface area contributed by atoms with Crippen LogP contribution in [0.4, 0.5) is 5.69 Å². The van der Waals surface area contributed by atoms with Crippen molar-refractivity contribution in [2.45, 2.75) is 20.3 Å². The molecule has 0 radical (unpaired) electrons. The van der Waals surface area contributed by atoms with E-state index in [9.17, 15) is 4.79 Å². The molecule has 116 valence electrons. The van der Waals surface area contributed by atoms with Gasteiger partial charge in [-0.2, -0.15) is 0 Å². The van der Waals surface area contributed by atoms with Crippen LogP contribution in [0.25, 0.3) is 22.0 Å². The molecule has 0 atom stereocenters. The van der Waals surface area contributed by atoms with Crippen molar-refractivity contribution in [2.75, 3.05) is 5.73 Å². The van der Waals surface area contributed by atoms with Crippen LogP contribution in [0.15, 0.2) is 42.6 Å². The Morgan fingerprint density at radius 1 is 1.17 bits per heavy atom. The van der Waals surface area contributed by atoms with E-state index in [1.165, 1.54) is 0 Å². The Kier molecular flexibility index (Phi) is 3.74. The van der Waals surface area contributed by atoms with Gasteiger partial charge in [-0.1, -0.05) is 31.2 Å². The van der Waals surface area contributed by atoms with Crippen molar-refractivity contribution < 1.29 is 4.79 Å². The monoisotopic (exact) mass is 305 g/mol. The van der Waals surface area contributed by atoms with Crippen LogP contribution in [0.1, 0.15) is 28.4 Å². The number of nitrogen functional groups attached to an aromatic ring is 1. The predicted octanol–water partition coefficient (Wildman–Crippen LogP) is 3.45. The fraction of sp³-hybridized carbons (Fsp3) is 0.158. The molecule has 0 fully saturated rings. The summed E-state index contributed by atoms with van der Waals surface area (Å²) in [4.78, 5) is 16.3. The van der Waals surface area contributed by atoms with E-state index >= 15 is 0 Å². The van der Waals surface area contributed by atoms with Gasteiger partial charge in [0.15, 0.2) is 0 Å². The van der Waals surface area contributed by atoms with Gasteiger partial charge in [0.2, 0.25) is 5.91 Å². The van der Waals surface area contributed by atoms with Crippen LogP contribution in [0, 0.1) is 6.92 Å². The molecule has 0 aliphatic rings. The van der Waals surface area contributed by atoms with Gasteiger partial charge < -0.3 is 11.5 Å². The summed E-state index contributed by atoms with van der Waals surface area (Å²) in [5.41, 5.74) is 17.4. The number of amides is 1. The number of rotatable bonds is 3. The number of carbonyl (C=O) groups is 1. The first-order chi connectivity index (χ1) is 11.0. The number of para-hydroxylation sites is 1. The second-order valence-electron chi connectivity index (χ2n) is 5.59. The Morgan fingerprint density at radius 2 is 1.91 bits per heavy atom. The minimum atomic E-state index is -0.466. The Hall–Kier alpha value is -2.88.